The molecule has 2 rings (SSSR count). The van der Waals surface area contributed by atoms with Crippen molar-refractivity contribution in [3.63, 3.8) is 0 Å². The van der Waals surface area contributed by atoms with E-state index < -0.39 is 15.1 Å². The minimum Gasteiger partial charge on any atom is -0.399 e. The van der Waals surface area contributed by atoms with Crippen LogP contribution in [0.25, 0.3) is 0 Å². The third-order valence-corrected chi connectivity index (χ3v) is 5.46. The molecule has 1 aromatic carbocycles. The van der Waals surface area contributed by atoms with Gasteiger partial charge in [0.05, 0.1) is 4.90 Å². The van der Waals surface area contributed by atoms with Crippen LogP contribution in [0.4, 0.5) is 5.69 Å². The quantitative estimate of drug-likeness (QED) is 0.840. The van der Waals surface area contributed by atoms with E-state index >= 15 is 0 Å². The van der Waals surface area contributed by atoms with E-state index in [9.17, 15) is 13.2 Å². The van der Waals surface area contributed by atoms with Gasteiger partial charge in [-0.15, -0.1) is 0 Å². The van der Waals surface area contributed by atoms with Gasteiger partial charge in [-0.3, -0.25) is 4.79 Å². The zero-order chi connectivity index (χ0) is 14.0. The van der Waals surface area contributed by atoms with Crippen LogP contribution < -0.4 is 5.73 Å². The molecular formula is C13H18N2O3S. The summed E-state index contributed by atoms with van der Waals surface area (Å²) in [6, 6.07) is 6.06. The number of carbonyl (C=O) groups excluding carboxylic acids is 1. The number of nitrogens with two attached hydrogens (primary N) is 1. The SMILES string of the molecule is CC(C(=O)N1CCCC1)S(=O)(=O)c1cccc(N)c1. The normalized spacial score (nSPS) is 17.4. The lowest BCUT2D eigenvalue weighted by Crippen LogP contribution is -2.39. The Hall–Kier alpha value is -1.56. The highest BCUT2D eigenvalue weighted by Crippen LogP contribution is 2.21. The molecule has 0 aliphatic carbocycles. The van der Waals surface area contributed by atoms with Crippen LogP contribution >= 0.6 is 0 Å². The molecule has 0 aromatic heterocycles. The maximum absolute atomic E-state index is 12.4. The van der Waals surface area contributed by atoms with Crippen molar-refractivity contribution in [2.45, 2.75) is 29.9 Å². The fraction of sp³-hybridized carbons (Fsp3) is 0.462. The largest absolute Gasteiger partial charge is 0.399 e. The Morgan fingerprint density at radius 3 is 2.53 bits per heavy atom. The van der Waals surface area contributed by atoms with Crippen molar-refractivity contribution in [2.24, 2.45) is 0 Å². The molecule has 1 amide bonds. The number of sulfone groups is 1. The lowest BCUT2D eigenvalue weighted by atomic mass is 10.3. The molecule has 1 heterocycles. The fourth-order valence-corrected chi connectivity index (χ4v) is 3.61. The Bertz CT molecular complexity index is 577. The van der Waals surface area contributed by atoms with Crippen molar-refractivity contribution < 1.29 is 13.2 Å². The molecule has 1 aliphatic heterocycles. The van der Waals surface area contributed by atoms with Gasteiger partial charge in [0.15, 0.2) is 9.84 Å². The number of carbonyl (C=O) groups is 1. The van der Waals surface area contributed by atoms with Gasteiger partial charge in [0.2, 0.25) is 5.91 Å². The van der Waals surface area contributed by atoms with Gasteiger partial charge in [0, 0.05) is 18.8 Å². The van der Waals surface area contributed by atoms with E-state index in [1.165, 1.54) is 19.1 Å². The van der Waals surface area contributed by atoms with Crippen molar-refractivity contribution in [3.8, 4) is 0 Å². The van der Waals surface area contributed by atoms with Crippen LogP contribution in [0.15, 0.2) is 29.2 Å². The summed E-state index contributed by atoms with van der Waals surface area (Å²) in [6.45, 7) is 2.74. The third-order valence-electron chi connectivity index (χ3n) is 3.42. The molecule has 0 spiro atoms. The second-order valence-corrected chi connectivity index (χ2v) is 7.06. The highest BCUT2D eigenvalue weighted by Gasteiger charge is 2.33. The summed E-state index contributed by atoms with van der Waals surface area (Å²) in [4.78, 5) is 13.9. The van der Waals surface area contributed by atoms with Crippen molar-refractivity contribution >= 4 is 21.4 Å². The minimum atomic E-state index is -3.67. The lowest BCUT2D eigenvalue weighted by molar-refractivity contribution is -0.129. The van der Waals surface area contributed by atoms with Crippen LogP contribution in [0, 0.1) is 0 Å². The number of hydrogen-bond donors (Lipinski definition) is 1. The summed E-state index contributed by atoms with van der Waals surface area (Å²) in [6.07, 6.45) is 1.88. The van der Waals surface area contributed by atoms with E-state index in [-0.39, 0.29) is 10.8 Å². The fourth-order valence-electron chi connectivity index (χ4n) is 2.22. The van der Waals surface area contributed by atoms with Gasteiger partial charge in [-0.2, -0.15) is 0 Å². The first-order valence-electron chi connectivity index (χ1n) is 6.31. The Kier molecular flexibility index (Phi) is 3.80. The molecule has 0 saturated carbocycles. The minimum absolute atomic E-state index is 0.104. The molecule has 0 radical (unpaired) electrons. The van der Waals surface area contributed by atoms with Crippen LogP contribution in [0.3, 0.4) is 0 Å². The summed E-state index contributed by atoms with van der Waals surface area (Å²) >= 11 is 0. The molecule has 6 heteroatoms. The van der Waals surface area contributed by atoms with Crippen molar-refractivity contribution in [1.29, 1.82) is 0 Å². The van der Waals surface area contributed by atoms with Crippen LogP contribution in [0.5, 0.6) is 0 Å². The number of nitrogens with zero attached hydrogens (tertiary/aromatic N) is 1. The van der Waals surface area contributed by atoms with Gasteiger partial charge in [0.25, 0.3) is 0 Å². The monoisotopic (exact) mass is 282 g/mol. The van der Waals surface area contributed by atoms with E-state index in [0.717, 1.165) is 12.8 Å². The zero-order valence-corrected chi connectivity index (χ0v) is 11.7. The van der Waals surface area contributed by atoms with Gasteiger partial charge < -0.3 is 10.6 Å². The number of nitrogen functional groups attached to an aromatic ring is 1. The Morgan fingerprint density at radius 2 is 1.95 bits per heavy atom. The molecular weight excluding hydrogens is 264 g/mol. The summed E-state index contributed by atoms with van der Waals surface area (Å²) in [5.41, 5.74) is 5.97. The Balaban J connectivity index is 2.26. The van der Waals surface area contributed by atoms with Gasteiger partial charge in [-0.25, -0.2) is 8.42 Å². The lowest BCUT2D eigenvalue weighted by Gasteiger charge is -2.20. The molecule has 1 saturated heterocycles. The number of likely N-dealkylation sites (tertiary alicyclic amines) is 1. The Morgan fingerprint density at radius 1 is 1.32 bits per heavy atom. The predicted molar refractivity (Wildman–Crippen MR) is 73.3 cm³/mol. The molecule has 104 valence electrons. The topological polar surface area (TPSA) is 80.5 Å². The van der Waals surface area contributed by atoms with E-state index in [0.29, 0.717) is 18.8 Å². The molecule has 1 aliphatic rings. The highest BCUT2D eigenvalue weighted by molar-refractivity contribution is 7.92. The summed E-state index contributed by atoms with van der Waals surface area (Å²) in [7, 11) is -3.67. The van der Waals surface area contributed by atoms with Crippen molar-refractivity contribution in [2.75, 3.05) is 18.8 Å². The number of anilines is 1. The highest BCUT2D eigenvalue weighted by atomic mass is 32.2. The molecule has 5 nitrogen and oxygen atoms in total. The molecule has 1 atom stereocenters. The smallest absolute Gasteiger partial charge is 0.241 e. The number of amides is 1. The van der Waals surface area contributed by atoms with Crippen LogP contribution in [-0.2, 0) is 14.6 Å². The first kappa shape index (κ1) is 13.9. The average Bonchev–Trinajstić information content (AvgIpc) is 2.90. The molecule has 2 N–H and O–H groups in total. The second-order valence-electron chi connectivity index (χ2n) is 4.79. The molecule has 1 fully saturated rings. The van der Waals surface area contributed by atoms with E-state index in [1.54, 1.807) is 17.0 Å². The van der Waals surface area contributed by atoms with E-state index in [1.807, 2.05) is 0 Å². The summed E-state index contributed by atoms with van der Waals surface area (Å²) in [5.74, 6) is -0.320. The van der Waals surface area contributed by atoms with E-state index in [2.05, 4.69) is 0 Å². The van der Waals surface area contributed by atoms with Gasteiger partial charge in [-0.1, -0.05) is 6.07 Å². The van der Waals surface area contributed by atoms with Crippen LogP contribution in [0.2, 0.25) is 0 Å². The average molecular weight is 282 g/mol. The van der Waals surface area contributed by atoms with Gasteiger partial charge >= 0.3 is 0 Å². The van der Waals surface area contributed by atoms with E-state index in [4.69, 9.17) is 5.73 Å². The third kappa shape index (κ3) is 2.73. The van der Waals surface area contributed by atoms with Gasteiger partial charge in [0.1, 0.15) is 5.25 Å². The maximum Gasteiger partial charge on any atom is 0.241 e. The Labute approximate surface area is 113 Å². The number of hydrogen-bond acceptors (Lipinski definition) is 4. The predicted octanol–water partition coefficient (Wildman–Crippen LogP) is 1.05. The summed E-state index contributed by atoms with van der Waals surface area (Å²) in [5, 5.41) is -1.06. The first-order valence-corrected chi connectivity index (χ1v) is 7.86. The van der Waals surface area contributed by atoms with Crippen LogP contribution in [0.1, 0.15) is 19.8 Å². The number of benzene rings is 1. The van der Waals surface area contributed by atoms with Crippen molar-refractivity contribution in [3.05, 3.63) is 24.3 Å². The molecule has 1 aromatic rings. The van der Waals surface area contributed by atoms with Gasteiger partial charge in [-0.05, 0) is 38.0 Å². The molecule has 0 bridgehead atoms. The summed E-state index contributed by atoms with van der Waals surface area (Å²) < 4.78 is 24.8. The van der Waals surface area contributed by atoms with Crippen molar-refractivity contribution in [1.82, 2.24) is 4.90 Å². The standard InChI is InChI=1S/C13H18N2O3S/c1-10(13(16)15-7-2-3-8-15)19(17,18)12-6-4-5-11(14)9-12/h4-6,9-10H,2-3,7-8,14H2,1H3. The zero-order valence-electron chi connectivity index (χ0n) is 10.9. The molecule has 1 unspecified atom stereocenters. The first-order chi connectivity index (χ1) is 8.93. The molecule has 19 heavy (non-hydrogen) atoms. The second kappa shape index (κ2) is 5.21. The maximum atomic E-state index is 12.4. The van der Waals surface area contributed by atoms with Crippen LogP contribution in [-0.4, -0.2) is 37.6 Å². The number of rotatable bonds is 3.